The molecule has 0 saturated carbocycles. The fourth-order valence-electron chi connectivity index (χ4n) is 2.53. The van der Waals surface area contributed by atoms with E-state index in [-0.39, 0.29) is 10.3 Å². The molecule has 0 unspecified atom stereocenters. The van der Waals surface area contributed by atoms with Gasteiger partial charge in [-0.1, -0.05) is 6.92 Å². The Morgan fingerprint density at radius 1 is 1.32 bits per heavy atom. The van der Waals surface area contributed by atoms with Crippen LogP contribution in [0.25, 0.3) is 0 Å². The third kappa shape index (κ3) is 4.22. The summed E-state index contributed by atoms with van der Waals surface area (Å²) in [5.74, 6) is 0. The van der Waals surface area contributed by atoms with Crippen molar-refractivity contribution in [3.63, 3.8) is 0 Å². The lowest BCUT2D eigenvalue weighted by atomic mass is 9.81. The molecule has 2 N–H and O–H groups in total. The number of nitrogens with one attached hydrogen (secondary N) is 2. The molecule has 124 valence electrons. The normalized spacial score (nSPS) is 18.2. The number of sulfonamides is 1. The first kappa shape index (κ1) is 17.7. The fraction of sp³-hybridized carbons (Fsp3) is 0.600. The van der Waals surface area contributed by atoms with Crippen LogP contribution < -0.4 is 14.9 Å². The molecule has 1 heterocycles. The van der Waals surface area contributed by atoms with Gasteiger partial charge in [0, 0.05) is 30.8 Å². The molecule has 1 fully saturated rings. The molecule has 1 aromatic rings. The molecule has 0 radical (unpaired) electrons. The average molecular weight is 390 g/mol. The van der Waals surface area contributed by atoms with Crippen molar-refractivity contribution in [1.29, 1.82) is 0 Å². The molecular formula is C15H24BrN3O2S. The number of anilines is 1. The van der Waals surface area contributed by atoms with Gasteiger partial charge in [-0.05, 0) is 65.5 Å². The van der Waals surface area contributed by atoms with Gasteiger partial charge in [0.15, 0.2) is 0 Å². The molecule has 1 saturated heterocycles. The second-order valence-electron chi connectivity index (χ2n) is 6.39. The van der Waals surface area contributed by atoms with Crippen LogP contribution in [0, 0.1) is 5.41 Å². The quantitative estimate of drug-likeness (QED) is 0.809. The van der Waals surface area contributed by atoms with Crippen LogP contribution in [0.4, 0.5) is 5.69 Å². The van der Waals surface area contributed by atoms with Crippen LogP contribution in [0.2, 0.25) is 0 Å². The van der Waals surface area contributed by atoms with Crippen molar-refractivity contribution in [1.82, 2.24) is 10.0 Å². The van der Waals surface area contributed by atoms with E-state index >= 15 is 0 Å². The summed E-state index contributed by atoms with van der Waals surface area (Å²) in [5, 5.41) is 3.31. The standard InChI is InChI=1S/C15H24BrN3O2S/c1-15(6-8-17-9-7-15)11-18-22(20,21)14-10-12(19(2)3)4-5-13(14)16/h4-5,10,17-18H,6-9,11H2,1-3H3. The highest BCUT2D eigenvalue weighted by Gasteiger charge is 2.29. The third-order valence-corrected chi connectivity index (χ3v) is 6.62. The Morgan fingerprint density at radius 3 is 2.55 bits per heavy atom. The minimum atomic E-state index is -3.53. The molecule has 0 atom stereocenters. The highest BCUT2D eigenvalue weighted by molar-refractivity contribution is 9.10. The molecule has 0 spiro atoms. The Kier molecular flexibility index (Phi) is 5.53. The molecule has 22 heavy (non-hydrogen) atoms. The molecule has 2 rings (SSSR count). The van der Waals surface area contributed by atoms with Gasteiger partial charge in [0.2, 0.25) is 10.0 Å². The maximum Gasteiger partial charge on any atom is 0.241 e. The first-order valence-electron chi connectivity index (χ1n) is 7.41. The van der Waals surface area contributed by atoms with Crippen molar-refractivity contribution in [2.24, 2.45) is 5.41 Å². The van der Waals surface area contributed by atoms with Crippen molar-refractivity contribution >= 4 is 31.6 Å². The SMILES string of the molecule is CN(C)c1ccc(Br)c(S(=O)(=O)NCC2(C)CCNCC2)c1. The number of hydrogen-bond acceptors (Lipinski definition) is 4. The van der Waals surface area contributed by atoms with Gasteiger partial charge in [0.25, 0.3) is 0 Å². The molecule has 5 nitrogen and oxygen atoms in total. The summed E-state index contributed by atoms with van der Waals surface area (Å²) in [6.07, 6.45) is 1.96. The van der Waals surface area contributed by atoms with Gasteiger partial charge in [-0.15, -0.1) is 0 Å². The van der Waals surface area contributed by atoms with E-state index in [0.29, 0.717) is 11.0 Å². The van der Waals surface area contributed by atoms with Crippen LogP contribution in [-0.4, -0.2) is 42.1 Å². The highest BCUT2D eigenvalue weighted by atomic mass is 79.9. The second kappa shape index (κ2) is 6.86. The van der Waals surface area contributed by atoms with Gasteiger partial charge in [0.05, 0.1) is 4.90 Å². The predicted molar refractivity (Wildman–Crippen MR) is 93.9 cm³/mol. The van der Waals surface area contributed by atoms with Crippen molar-refractivity contribution < 1.29 is 8.42 Å². The van der Waals surface area contributed by atoms with Crippen LogP contribution in [0.15, 0.2) is 27.6 Å². The van der Waals surface area contributed by atoms with E-state index in [1.165, 1.54) is 0 Å². The summed E-state index contributed by atoms with van der Waals surface area (Å²) in [4.78, 5) is 2.18. The smallest absolute Gasteiger partial charge is 0.241 e. The molecule has 0 bridgehead atoms. The topological polar surface area (TPSA) is 61.4 Å². The van der Waals surface area contributed by atoms with Crippen LogP contribution in [0.3, 0.4) is 0 Å². The number of benzene rings is 1. The van der Waals surface area contributed by atoms with Gasteiger partial charge in [-0.2, -0.15) is 0 Å². The average Bonchev–Trinajstić information content (AvgIpc) is 2.46. The zero-order valence-corrected chi connectivity index (χ0v) is 15.7. The highest BCUT2D eigenvalue weighted by Crippen LogP contribution is 2.29. The molecule has 0 aromatic heterocycles. The molecule has 0 amide bonds. The summed E-state index contributed by atoms with van der Waals surface area (Å²) in [7, 11) is 0.256. The lowest BCUT2D eigenvalue weighted by molar-refractivity contribution is 0.232. The summed E-state index contributed by atoms with van der Waals surface area (Å²) in [6.45, 7) is 4.49. The van der Waals surface area contributed by atoms with Crippen LogP contribution in [0.5, 0.6) is 0 Å². The second-order valence-corrected chi connectivity index (χ2v) is 8.98. The first-order chi connectivity index (χ1) is 10.2. The molecule has 7 heteroatoms. The summed E-state index contributed by atoms with van der Waals surface area (Å²) in [5.41, 5.74) is 0.876. The summed E-state index contributed by atoms with van der Waals surface area (Å²) >= 11 is 3.35. The van der Waals surface area contributed by atoms with Gasteiger partial charge in [-0.25, -0.2) is 13.1 Å². The van der Waals surface area contributed by atoms with E-state index in [2.05, 4.69) is 32.9 Å². The number of hydrogen-bond donors (Lipinski definition) is 2. The van der Waals surface area contributed by atoms with E-state index in [1.54, 1.807) is 12.1 Å². The summed E-state index contributed by atoms with van der Waals surface area (Å²) in [6, 6.07) is 5.35. The maximum absolute atomic E-state index is 12.6. The fourth-order valence-corrected chi connectivity index (χ4v) is 4.71. The largest absolute Gasteiger partial charge is 0.378 e. The molecule has 1 aliphatic heterocycles. The molecule has 1 aromatic carbocycles. The van der Waals surface area contributed by atoms with Gasteiger partial charge in [-0.3, -0.25) is 0 Å². The molecular weight excluding hydrogens is 366 g/mol. The van der Waals surface area contributed by atoms with Crippen LogP contribution >= 0.6 is 15.9 Å². The number of piperidine rings is 1. The lowest BCUT2D eigenvalue weighted by Crippen LogP contribution is -2.42. The monoisotopic (exact) mass is 389 g/mol. The number of halogens is 1. The Balaban J connectivity index is 2.18. The third-order valence-electron chi connectivity index (χ3n) is 4.22. The Bertz CT molecular complexity index is 626. The van der Waals surface area contributed by atoms with Gasteiger partial charge in [0.1, 0.15) is 0 Å². The van der Waals surface area contributed by atoms with Gasteiger partial charge < -0.3 is 10.2 Å². The summed E-state index contributed by atoms with van der Waals surface area (Å²) < 4.78 is 28.6. The van der Waals surface area contributed by atoms with Crippen molar-refractivity contribution in [3.05, 3.63) is 22.7 Å². The van der Waals surface area contributed by atoms with Gasteiger partial charge >= 0.3 is 0 Å². The maximum atomic E-state index is 12.6. The van der Waals surface area contributed by atoms with E-state index < -0.39 is 10.0 Å². The van der Waals surface area contributed by atoms with Crippen molar-refractivity contribution in [2.45, 2.75) is 24.7 Å². The minimum Gasteiger partial charge on any atom is -0.378 e. The predicted octanol–water partition coefficient (Wildman–Crippen LogP) is 2.18. The zero-order chi connectivity index (χ0) is 16.4. The van der Waals surface area contributed by atoms with Crippen molar-refractivity contribution in [2.75, 3.05) is 38.6 Å². The van der Waals surface area contributed by atoms with E-state index in [0.717, 1.165) is 31.6 Å². The van der Waals surface area contributed by atoms with Crippen LogP contribution in [-0.2, 0) is 10.0 Å². The van der Waals surface area contributed by atoms with E-state index in [1.807, 2.05) is 25.1 Å². The van der Waals surface area contributed by atoms with Crippen LogP contribution in [0.1, 0.15) is 19.8 Å². The zero-order valence-electron chi connectivity index (χ0n) is 13.3. The minimum absolute atomic E-state index is 0.0178. The molecule has 1 aliphatic rings. The first-order valence-corrected chi connectivity index (χ1v) is 9.68. The van der Waals surface area contributed by atoms with E-state index in [4.69, 9.17) is 0 Å². The van der Waals surface area contributed by atoms with E-state index in [9.17, 15) is 8.42 Å². The molecule has 0 aliphatic carbocycles. The number of rotatable bonds is 5. The lowest BCUT2D eigenvalue weighted by Gasteiger charge is -2.34. The Labute approximate surface area is 141 Å². The van der Waals surface area contributed by atoms with Crippen molar-refractivity contribution in [3.8, 4) is 0 Å². The number of nitrogens with zero attached hydrogens (tertiary/aromatic N) is 1. The Hall–Kier alpha value is -0.630. The Morgan fingerprint density at radius 2 is 1.95 bits per heavy atom.